The van der Waals surface area contributed by atoms with E-state index >= 15 is 0 Å². The monoisotopic (exact) mass is 440 g/mol. The summed E-state index contributed by atoms with van der Waals surface area (Å²) >= 11 is 6.05. The van der Waals surface area contributed by atoms with E-state index in [-0.39, 0.29) is 24.7 Å². The van der Waals surface area contributed by atoms with Gasteiger partial charge in [-0.3, -0.25) is 4.98 Å². The fourth-order valence-electron chi connectivity index (χ4n) is 3.50. The molecular weight excluding hydrogens is 417 g/mol. The fraction of sp³-hybridized carbons (Fsp3) is 0.429. The molecule has 1 saturated carbocycles. The van der Waals surface area contributed by atoms with E-state index in [0.717, 1.165) is 43.4 Å². The first-order valence-corrected chi connectivity index (χ1v) is 10.2. The first-order valence-electron chi connectivity index (χ1n) is 9.83. The van der Waals surface area contributed by atoms with Crippen molar-refractivity contribution in [1.82, 2.24) is 20.9 Å². The van der Waals surface area contributed by atoms with Crippen molar-refractivity contribution in [2.24, 2.45) is 0 Å². The zero-order valence-corrected chi connectivity index (χ0v) is 17.1. The van der Waals surface area contributed by atoms with E-state index in [1.165, 1.54) is 6.07 Å². The molecule has 0 aliphatic heterocycles. The van der Waals surface area contributed by atoms with Crippen LogP contribution in [0.5, 0.6) is 0 Å². The zero-order chi connectivity index (χ0) is 21.6. The van der Waals surface area contributed by atoms with Gasteiger partial charge in [0, 0.05) is 42.6 Å². The largest absolute Gasteiger partial charge is 0.416 e. The van der Waals surface area contributed by atoms with Crippen LogP contribution in [0.2, 0.25) is 5.02 Å². The van der Waals surface area contributed by atoms with Crippen LogP contribution in [-0.4, -0.2) is 23.1 Å². The fourth-order valence-corrected chi connectivity index (χ4v) is 3.69. The number of rotatable bonds is 6. The standard InChI is InChI=1S/C21H24ClF3N4O/c22-19-8-3-16(21(23,24)25)10-15(19)13-27-17-4-6-18(7-5-17)29-20(30)28-12-14-2-1-9-26-11-14/h1-3,8-11,17-18,27H,4-7,12-13H2,(H2,28,29,30). The summed E-state index contributed by atoms with van der Waals surface area (Å²) in [6, 6.07) is 7.10. The molecule has 0 unspecified atom stereocenters. The smallest absolute Gasteiger partial charge is 0.335 e. The minimum atomic E-state index is -4.39. The van der Waals surface area contributed by atoms with Crippen LogP contribution in [0.3, 0.4) is 0 Å². The Kier molecular flexibility index (Phi) is 7.55. The van der Waals surface area contributed by atoms with Crippen LogP contribution in [0.25, 0.3) is 0 Å². The molecule has 0 radical (unpaired) electrons. The molecule has 0 saturated heterocycles. The number of hydrogen-bond donors (Lipinski definition) is 3. The van der Waals surface area contributed by atoms with Crippen LogP contribution in [0.4, 0.5) is 18.0 Å². The lowest BCUT2D eigenvalue weighted by Crippen LogP contribution is -2.45. The third-order valence-corrected chi connectivity index (χ3v) is 5.56. The Morgan fingerprint density at radius 3 is 2.50 bits per heavy atom. The van der Waals surface area contributed by atoms with E-state index in [9.17, 15) is 18.0 Å². The molecule has 162 valence electrons. The zero-order valence-electron chi connectivity index (χ0n) is 16.3. The molecule has 3 N–H and O–H groups in total. The van der Waals surface area contributed by atoms with Gasteiger partial charge in [0.05, 0.1) is 5.56 Å². The molecular formula is C21H24ClF3N4O. The highest BCUT2D eigenvalue weighted by Crippen LogP contribution is 2.32. The van der Waals surface area contributed by atoms with Gasteiger partial charge in [0.25, 0.3) is 0 Å². The Morgan fingerprint density at radius 1 is 1.10 bits per heavy atom. The Morgan fingerprint density at radius 2 is 1.83 bits per heavy atom. The molecule has 1 aliphatic carbocycles. The van der Waals surface area contributed by atoms with Crippen LogP contribution in [0.1, 0.15) is 42.4 Å². The quantitative estimate of drug-likeness (QED) is 0.612. The number of halogens is 4. The highest BCUT2D eigenvalue weighted by molar-refractivity contribution is 6.31. The van der Waals surface area contributed by atoms with E-state index in [0.29, 0.717) is 17.1 Å². The Hall–Kier alpha value is -2.32. The SMILES string of the molecule is O=C(NCc1cccnc1)NC1CCC(NCc2cc(C(F)(F)F)ccc2Cl)CC1. The minimum Gasteiger partial charge on any atom is -0.335 e. The molecule has 1 aliphatic rings. The summed E-state index contributed by atoms with van der Waals surface area (Å²) in [5.74, 6) is 0. The second-order valence-electron chi connectivity index (χ2n) is 7.42. The van der Waals surface area contributed by atoms with Crippen LogP contribution >= 0.6 is 11.6 Å². The first-order chi connectivity index (χ1) is 14.3. The number of alkyl halides is 3. The average Bonchev–Trinajstić information content (AvgIpc) is 2.72. The van der Waals surface area contributed by atoms with Gasteiger partial charge in [0.15, 0.2) is 0 Å². The van der Waals surface area contributed by atoms with Gasteiger partial charge in [-0.2, -0.15) is 13.2 Å². The summed E-state index contributed by atoms with van der Waals surface area (Å²) < 4.78 is 38.7. The number of benzene rings is 1. The highest BCUT2D eigenvalue weighted by atomic mass is 35.5. The van der Waals surface area contributed by atoms with E-state index < -0.39 is 11.7 Å². The summed E-state index contributed by atoms with van der Waals surface area (Å²) in [7, 11) is 0. The summed E-state index contributed by atoms with van der Waals surface area (Å²) in [4.78, 5) is 16.1. The van der Waals surface area contributed by atoms with E-state index in [2.05, 4.69) is 20.9 Å². The first kappa shape index (κ1) is 22.4. The number of carbonyl (C=O) groups excluding carboxylic acids is 1. The number of urea groups is 1. The summed E-state index contributed by atoms with van der Waals surface area (Å²) in [5.41, 5.74) is 0.657. The number of carbonyl (C=O) groups is 1. The summed E-state index contributed by atoms with van der Waals surface area (Å²) in [6.07, 6.45) is 2.24. The number of nitrogens with zero attached hydrogens (tertiary/aromatic N) is 1. The van der Waals surface area contributed by atoms with E-state index in [1.54, 1.807) is 12.4 Å². The maximum Gasteiger partial charge on any atom is 0.416 e. The maximum absolute atomic E-state index is 12.9. The summed E-state index contributed by atoms with van der Waals surface area (Å²) in [5, 5.41) is 9.39. The van der Waals surface area contributed by atoms with Crippen LogP contribution in [-0.2, 0) is 19.3 Å². The lowest BCUT2D eigenvalue weighted by Gasteiger charge is -2.30. The average molecular weight is 441 g/mol. The molecule has 1 aromatic carbocycles. The predicted octanol–water partition coefficient (Wildman–Crippen LogP) is 4.65. The highest BCUT2D eigenvalue weighted by Gasteiger charge is 2.31. The molecule has 30 heavy (non-hydrogen) atoms. The topological polar surface area (TPSA) is 66.0 Å². The lowest BCUT2D eigenvalue weighted by atomic mass is 9.91. The number of amides is 2. The molecule has 2 aromatic rings. The number of hydrogen-bond acceptors (Lipinski definition) is 3. The molecule has 2 amide bonds. The molecule has 0 spiro atoms. The van der Waals surface area contributed by atoms with Gasteiger partial charge in [0.2, 0.25) is 0 Å². The van der Waals surface area contributed by atoms with Crippen molar-refractivity contribution >= 4 is 17.6 Å². The number of aromatic nitrogens is 1. The van der Waals surface area contributed by atoms with Crippen LogP contribution in [0, 0.1) is 0 Å². The van der Waals surface area contributed by atoms with Gasteiger partial charge in [-0.15, -0.1) is 0 Å². The van der Waals surface area contributed by atoms with E-state index in [4.69, 9.17) is 11.6 Å². The molecule has 1 aromatic heterocycles. The van der Waals surface area contributed by atoms with Crippen molar-refractivity contribution in [1.29, 1.82) is 0 Å². The molecule has 5 nitrogen and oxygen atoms in total. The Bertz CT molecular complexity index is 840. The van der Waals surface area contributed by atoms with Crippen LogP contribution < -0.4 is 16.0 Å². The van der Waals surface area contributed by atoms with Gasteiger partial charge in [-0.25, -0.2) is 4.79 Å². The van der Waals surface area contributed by atoms with Crippen molar-refractivity contribution in [2.75, 3.05) is 0 Å². The molecule has 0 bridgehead atoms. The van der Waals surface area contributed by atoms with Crippen molar-refractivity contribution in [3.05, 3.63) is 64.4 Å². The van der Waals surface area contributed by atoms with E-state index in [1.807, 2.05) is 12.1 Å². The molecule has 1 fully saturated rings. The van der Waals surface area contributed by atoms with Gasteiger partial charge in [-0.05, 0) is 61.1 Å². The second kappa shape index (κ2) is 10.1. The van der Waals surface area contributed by atoms with Crippen molar-refractivity contribution in [3.8, 4) is 0 Å². The lowest BCUT2D eigenvalue weighted by molar-refractivity contribution is -0.137. The normalized spacial score (nSPS) is 19.3. The van der Waals surface area contributed by atoms with Gasteiger partial charge in [0.1, 0.15) is 0 Å². The molecule has 0 atom stereocenters. The van der Waals surface area contributed by atoms with Gasteiger partial charge in [-0.1, -0.05) is 17.7 Å². The van der Waals surface area contributed by atoms with Gasteiger partial charge >= 0.3 is 12.2 Å². The van der Waals surface area contributed by atoms with Crippen molar-refractivity contribution < 1.29 is 18.0 Å². The Labute approximate surface area is 178 Å². The maximum atomic E-state index is 12.9. The van der Waals surface area contributed by atoms with Crippen molar-refractivity contribution in [3.63, 3.8) is 0 Å². The minimum absolute atomic E-state index is 0.0779. The molecule has 9 heteroatoms. The number of pyridine rings is 1. The Balaban J connectivity index is 1.40. The predicted molar refractivity (Wildman–Crippen MR) is 109 cm³/mol. The third kappa shape index (κ3) is 6.60. The second-order valence-corrected chi connectivity index (χ2v) is 7.83. The summed E-state index contributed by atoms with van der Waals surface area (Å²) in [6.45, 7) is 0.686. The molecule has 3 rings (SSSR count). The third-order valence-electron chi connectivity index (χ3n) is 5.19. The molecule has 1 heterocycles. The van der Waals surface area contributed by atoms with Crippen molar-refractivity contribution in [2.45, 2.75) is 57.0 Å². The number of nitrogens with one attached hydrogen (secondary N) is 3. The van der Waals surface area contributed by atoms with Crippen LogP contribution in [0.15, 0.2) is 42.7 Å². The van der Waals surface area contributed by atoms with Gasteiger partial charge < -0.3 is 16.0 Å².